The van der Waals surface area contributed by atoms with Gasteiger partial charge in [-0.3, -0.25) is 9.47 Å². The first-order valence-corrected chi connectivity index (χ1v) is 13.0. The van der Waals surface area contributed by atoms with E-state index in [0.717, 1.165) is 54.6 Å². The SMILES string of the molecule is N#CC1(N2Cc3cc(Cl)ccc3-n3c(nnc3C3CC4(C3)CN(c3cccc(C(F)(F)F)c3F)C4)C2)CC1. The van der Waals surface area contributed by atoms with Crippen LogP contribution in [0.15, 0.2) is 36.4 Å². The summed E-state index contributed by atoms with van der Waals surface area (Å²) >= 11 is 6.34. The van der Waals surface area contributed by atoms with E-state index in [1.165, 1.54) is 12.1 Å². The van der Waals surface area contributed by atoms with E-state index in [4.69, 9.17) is 11.6 Å². The van der Waals surface area contributed by atoms with E-state index in [2.05, 4.69) is 25.7 Å². The standard InChI is InChI=1S/C27H23ClF4N6/c28-18-4-5-20-16(8-18)11-37(26(13-33)6-7-26)12-22-34-35-24(38(20)22)17-9-25(10-17)14-36(15-25)21-3-1-2-19(23(21)29)27(30,31)32/h1-5,8,17H,6-7,9-12,14-15H2. The molecule has 4 aliphatic rings. The Hall–Kier alpha value is -3.16. The number of rotatable bonds is 3. The van der Waals surface area contributed by atoms with E-state index < -0.39 is 23.1 Å². The van der Waals surface area contributed by atoms with Crippen molar-refractivity contribution < 1.29 is 17.6 Å². The van der Waals surface area contributed by atoms with Gasteiger partial charge in [-0.15, -0.1) is 10.2 Å². The molecule has 11 heteroatoms. The second kappa shape index (κ2) is 7.93. The van der Waals surface area contributed by atoms with Gasteiger partial charge in [0.1, 0.15) is 11.4 Å². The van der Waals surface area contributed by atoms with Gasteiger partial charge in [0, 0.05) is 36.0 Å². The van der Waals surface area contributed by atoms with Gasteiger partial charge >= 0.3 is 6.18 Å². The number of nitriles is 1. The molecule has 0 amide bonds. The highest BCUT2D eigenvalue weighted by atomic mass is 35.5. The summed E-state index contributed by atoms with van der Waals surface area (Å²) in [5.74, 6) is 0.552. The summed E-state index contributed by atoms with van der Waals surface area (Å²) in [5.41, 5.74) is 0.199. The summed E-state index contributed by atoms with van der Waals surface area (Å²) in [6.07, 6.45) is -1.46. The van der Waals surface area contributed by atoms with Crippen molar-refractivity contribution in [1.29, 1.82) is 5.26 Å². The molecule has 0 N–H and O–H groups in total. The number of benzene rings is 2. The third-order valence-corrected chi connectivity index (χ3v) is 8.90. The van der Waals surface area contributed by atoms with Crippen molar-refractivity contribution in [1.82, 2.24) is 19.7 Å². The molecule has 0 bridgehead atoms. The Morgan fingerprint density at radius 2 is 1.79 bits per heavy atom. The number of nitrogens with zero attached hydrogens (tertiary/aromatic N) is 6. The molecule has 1 saturated heterocycles. The molecule has 0 atom stereocenters. The summed E-state index contributed by atoms with van der Waals surface area (Å²) in [5, 5.41) is 19.5. The van der Waals surface area contributed by atoms with Crippen molar-refractivity contribution in [3.63, 3.8) is 0 Å². The zero-order chi connectivity index (χ0) is 26.4. The molecule has 7 rings (SSSR count). The molecule has 6 nitrogen and oxygen atoms in total. The summed E-state index contributed by atoms with van der Waals surface area (Å²) in [6.45, 7) is 2.12. The highest BCUT2D eigenvalue weighted by molar-refractivity contribution is 6.30. The molecular weight excluding hydrogens is 520 g/mol. The van der Waals surface area contributed by atoms with E-state index in [0.29, 0.717) is 31.2 Å². The molecule has 2 saturated carbocycles. The van der Waals surface area contributed by atoms with Crippen LogP contribution < -0.4 is 4.90 Å². The fourth-order valence-electron chi connectivity index (χ4n) is 6.55. The fraction of sp³-hybridized carbons (Fsp3) is 0.444. The van der Waals surface area contributed by atoms with Crippen LogP contribution in [0.2, 0.25) is 5.02 Å². The minimum atomic E-state index is -4.72. The lowest BCUT2D eigenvalue weighted by molar-refractivity contribution is -0.139. The van der Waals surface area contributed by atoms with Crippen LogP contribution in [-0.2, 0) is 19.3 Å². The Morgan fingerprint density at radius 1 is 1.03 bits per heavy atom. The van der Waals surface area contributed by atoms with Crippen molar-refractivity contribution in [2.24, 2.45) is 5.41 Å². The van der Waals surface area contributed by atoms with Gasteiger partial charge < -0.3 is 4.90 Å². The van der Waals surface area contributed by atoms with Crippen LogP contribution in [0, 0.1) is 22.6 Å². The predicted octanol–water partition coefficient (Wildman–Crippen LogP) is 5.83. The van der Waals surface area contributed by atoms with Crippen molar-refractivity contribution in [3.05, 3.63) is 70.0 Å². The molecule has 2 aliphatic heterocycles. The Kier molecular flexibility index (Phi) is 4.99. The first kappa shape index (κ1) is 23.9. The lowest BCUT2D eigenvalue weighted by Gasteiger charge is -2.59. The van der Waals surface area contributed by atoms with Crippen molar-refractivity contribution in [2.45, 2.75) is 56.4 Å². The second-order valence-electron chi connectivity index (χ2n) is 11.2. The Balaban J connectivity index is 1.13. The average molecular weight is 543 g/mol. The molecule has 3 heterocycles. The number of hydrogen-bond donors (Lipinski definition) is 0. The molecular formula is C27H23ClF4N6. The zero-order valence-corrected chi connectivity index (χ0v) is 21.0. The summed E-state index contributed by atoms with van der Waals surface area (Å²) in [7, 11) is 0. The van der Waals surface area contributed by atoms with E-state index in [1.54, 1.807) is 4.90 Å². The maximum atomic E-state index is 14.6. The third kappa shape index (κ3) is 3.55. The predicted molar refractivity (Wildman–Crippen MR) is 131 cm³/mol. The zero-order valence-electron chi connectivity index (χ0n) is 20.3. The Morgan fingerprint density at radius 3 is 2.47 bits per heavy atom. The maximum absolute atomic E-state index is 14.6. The number of hydrogen-bond acceptors (Lipinski definition) is 5. The number of aromatic nitrogens is 3. The molecule has 1 spiro atoms. The van der Waals surface area contributed by atoms with E-state index in [-0.39, 0.29) is 17.0 Å². The Labute approximate surface area is 221 Å². The number of fused-ring (bicyclic) bond motifs is 3. The lowest BCUT2D eigenvalue weighted by atomic mass is 9.57. The topological polar surface area (TPSA) is 61.0 Å². The van der Waals surface area contributed by atoms with Crippen LogP contribution in [0.25, 0.3) is 5.69 Å². The first-order valence-electron chi connectivity index (χ1n) is 12.6. The largest absolute Gasteiger partial charge is 0.419 e. The van der Waals surface area contributed by atoms with Gasteiger partial charge in [-0.1, -0.05) is 17.7 Å². The van der Waals surface area contributed by atoms with Crippen LogP contribution in [0.1, 0.15) is 54.4 Å². The van der Waals surface area contributed by atoms with Crippen LogP contribution in [0.3, 0.4) is 0 Å². The molecule has 2 aromatic carbocycles. The number of anilines is 1. The molecule has 1 aromatic heterocycles. The maximum Gasteiger partial charge on any atom is 0.419 e. The average Bonchev–Trinajstić information content (AvgIpc) is 3.55. The normalized spacial score (nSPS) is 21.6. The summed E-state index contributed by atoms with van der Waals surface area (Å²) < 4.78 is 56.2. The highest BCUT2D eigenvalue weighted by Crippen LogP contribution is 2.57. The highest BCUT2D eigenvalue weighted by Gasteiger charge is 2.55. The monoisotopic (exact) mass is 542 g/mol. The van der Waals surface area contributed by atoms with Crippen molar-refractivity contribution in [2.75, 3.05) is 18.0 Å². The van der Waals surface area contributed by atoms with Gasteiger partial charge in [0.2, 0.25) is 0 Å². The summed E-state index contributed by atoms with van der Waals surface area (Å²) in [6, 6.07) is 11.7. The minimum Gasteiger partial charge on any atom is -0.368 e. The van der Waals surface area contributed by atoms with Crippen LogP contribution in [0.5, 0.6) is 0 Å². The molecule has 0 radical (unpaired) electrons. The number of halogens is 5. The van der Waals surface area contributed by atoms with Gasteiger partial charge in [0.25, 0.3) is 0 Å². The quantitative estimate of drug-likeness (QED) is 0.390. The lowest BCUT2D eigenvalue weighted by Crippen LogP contribution is -2.62. The van der Waals surface area contributed by atoms with Crippen molar-refractivity contribution in [3.8, 4) is 11.8 Å². The van der Waals surface area contributed by atoms with Gasteiger partial charge in [-0.25, -0.2) is 4.39 Å². The smallest absolute Gasteiger partial charge is 0.368 e. The van der Waals surface area contributed by atoms with E-state index >= 15 is 0 Å². The molecule has 0 unspecified atom stereocenters. The van der Waals surface area contributed by atoms with Gasteiger partial charge in [0.05, 0.1) is 29.6 Å². The molecule has 3 aromatic rings. The van der Waals surface area contributed by atoms with Crippen molar-refractivity contribution >= 4 is 17.3 Å². The molecule has 38 heavy (non-hydrogen) atoms. The second-order valence-corrected chi connectivity index (χ2v) is 11.6. The third-order valence-electron chi connectivity index (χ3n) is 8.67. The molecule has 2 aliphatic carbocycles. The molecule has 196 valence electrons. The van der Waals surface area contributed by atoms with Gasteiger partial charge in [0.15, 0.2) is 11.6 Å². The fourth-order valence-corrected chi connectivity index (χ4v) is 6.75. The minimum absolute atomic E-state index is 0.00244. The van der Waals surface area contributed by atoms with E-state index in [1.807, 2.05) is 18.2 Å². The summed E-state index contributed by atoms with van der Waals surface area (Å²) in [4.78, 5) is 3.85. The van der Waals surface area contributed by atoms with Crippen LogP contribution in [0.4, 0.5) is 23.2 Å². The van der Waals surface area contributed by atoms with Gasteiger partial charge in [-0.05, 0) is 61.6 Å². The van der Waals surface area contributed by atoms with E-state index in [9.17, 15) is 22.8 Å². The first-order chi connectivity index (χ1) is 18.1. The molecule has 3 fully saturated rings. The van der Waals surface area contributed by atoms with Crippen LogP contribution >= 0.6 is 11.6 Å². The van der Waals surface area contributed by atoms with Crippen LogP contribution in [-0.4, -0.2) is 38.3 Å². The number of alkyl halides is 3. The van der Waals surface area contributed by atoms with Gasteiger partial charge in [-0.2, -0.15) is 18.4 Å². The Bertz CT molecular complexity index is 1490.